The van der Waals surface area contributed by atoms with Gasteiger partial charge in [0, 0.05) is 6.20 Å². The van der Waals surface area contributed by atoms with E-state index in [0.29, 0.717) is 15.9 Å². The number of pyridine rings is 1. The van der Waals surface area contributed by atoms with E-state index < -0.39 is 0 Å². The first-order valence-corrected chi connectivity index (χ1v) is 5.74. The Morgan fingerprint density at radius 2 is 2.18 bits per heavy atom. The third-order valence-electron chi connectivity index (χ3n) is 2.24. The second kappa shape index (κ2) is 4.77. The Morgan fingerprint density at radius 3 is 2.76 bits per heavy atom. The van der Waals surface area contributed by atoms with Crippen molar-refractivity contribution in [2.24, 2.45) is 0 Å². The van der Waals surface area contributed by atoms with E-state index in [0.717, 1.165) is 5.69 Å². The molecule has 0 aromatic carbocycles. The van der Waals surface area contributed by atoms with Gasteiger partial charge in [0.15, 0.2) is 5.82 Å². The Bertz CT molecular complexity index is 593. The Kier molecular flexibility index (Phi) is 3.35. The summed E-state index contributed by atoms with van der Waals surface area (Å²) in [5.41, 5.74) is 1.17. The van der Waals surface area contributed by atoms with Crippen molar-refractivity contribution in [3.63, 3.8) is 0 Å². The highest BCUT2D eigenvalue weighted by Gasteiger charge is 2.07. The van der Waals surface area contributed by atoms with Gasteiger partial charge in [0.05, 0.1) is 16.8 Å². The molecule has 0 spiro atoms. The zero-order valence-corrected chi connectivity index (χ0v) is 10.7. The monoisotopic (exact) mass is 295 g/mol. The highest BCUT2D eigenvalue weighted by molar-refractivity contribution is 9.10. The Morgan fingerprint density at radius 1 is 1.41 bits per heavy atom. The number of aryl methyl sites for hydroxylation is 1. The average molecular weight is 296 g/mol. The first-order valence-electron chi connectivity index (χ1n) is 4.94. The molecule has 0 aliphatic heterocycles. The van der Waals surface area contributed by atoms with Crippen LogP contribution in [0.25, 0.3) is 5.82 Å². The van der Waals surface area contributed by atoms with E-state index in [2.05, 4.69) is 26.1 Å². The number of hydrogen-bond acceptors (Lipinski definition) is 4. The van der Waals surface area contributed by atoms with Crippen LogP contribution in [0.1, 0.15) is 11.3 Å². The summed E-state index contributed by atoms with van der Waals surface area (Å²) < 4.78 is 1.73. The zero-order chi connectivity index (χ0) is 12.4. The van der Waals surface area contributed by atoms with Gasteiger partial charge in [0.2, 0.25) is 0 Å². The molecular weight excluding hydrogens is 286 g/mol. The molecule has 2 aromatic rings. The maximum absolute atomic E-state index is 11.9. The van der Waals surface area contributed by atoms with Gasteiger partial charge < -0.3 is 5.11 Å². The van der Waals surface area contributed by atoms with Crippen LogP contribution in [0.2, 0.25) is 0 Å². The summed E-state index contributed by atoms with van der Waals surface area (Å²) in [6.07, 6.45) is 1.55. The number of aliphatic hydroxyl groups excluding tert-OH is 1. The molecule has 2 rings (SSSR count). The first kappa shape index (κ1) is 11.9. The molecule has 0 aliphatic rings. The van der Waals surface area contributed by atoms with Crippen LogP contribution in [0.5, 0.6) is 0 Å². The quantitative estimate of drug-likeness (QED) is 0.904. The minimum atomic E-state index is -0.236. The van der Waals surface area contributed by atoms with E-state index in [1.807, 2.05) is 6.92 Å². The topological polar surface area (TPSA) is 68.0 Å². The zero-order valence-electron chi connectivity index (χ0n) is 9.09. The summed E-state index contributed by atoms with van der Waals surface area (Å²) in [6, 6.07) is 5.06. The lowest BCUT2D eigenvalue weighted by molar-refractivity contribution is 0.281. The third kappa shape index (κ3) is 2.42. The molecule has 0 aliphatic carbocycles. The van der Waals surface area contributed by atoms with Crippen molar-refractivity contribution in [1.82, 2.24) is 14.8 Å². The van der Waals surface area contributed by atoms with Crippen molar-refractivity contribution in [2.45, 2.75) is 13.5 Å². The highest BCUT2D eigenvalue weighted by atomic mass is 79.9. The van der Waals surface area contributed by atoms with Gasteiger partial charge in [-0.25, -0.2) is 0 Å². The average Bonchev–Trinajstić information content (AvgIpc) is 2.34. The van der Waals surface area contributed by atoms with Crippen molar-refractivity contribution >= 4 is 15.9 Å². The van der Waals surface area contributed by atoms with Crippen LogP contribution in [0.4, 0.5) is 0 Å². The number of nitrogens with zero attached hydrogens (tertiary/aromatic N) is 3. The van der Waals surface area contributed by atoms with Crippen molar-refractivity contribution in [3.05, 3.63) is 50.5 Å². The molecule has 17 heavy (non-hydrogen) atoms. The summed E-state index contributed by atoms with van der Waals surface area (Å²) in [5.74, 6) is 0.427. The van der Waals surface area contributed by atoms with E-state index in [1.54, 1.807) is 24.4 Å². The molecule has 0 saturated heterocycles. The van der Waals surface area contributed by atoms with Gasteiger partial charge in [0.1, 0.15) is 0 Å². The standard InChI is InChI=1S/C11H10BrN3O2/c1-7-2-3-10(14-13-7)15-5-8(6-16)4-9(12)11(15)17/h2-5,16H,6H2,1H3. The number of aromatic nitrogens is 3. The first-order chi connectivity index (χ1) is 8.11. The van der Waals surface area contributed by atoms with Crippen molar-refractivity contribution < 1.29 is 5.11 Å². The third-order valence-corrected chi connectivity index (χ3v) is 2.81. The molecule has 6 heteroatoms. The van der Waals surface area contributed by atoms with Crippen LogP contribution >= 0.6 is 15.9 Å². The van der Waals surface area contributed by atoms with Crippen LogP contribution in [0.15, 0.2) is 33.7 Å². The maximum atomic E-state index is 11.9. The van der Waals surface area contributed by atoms with Crippen LogP contribution in [-0.2, 0) is 6.61 Å². The maximum Gasteiger partial charge on any atom is 0.270 e. The normalized spacial score (nSPS) is 10.5. The lowest BCUT2D eigenvalue weighted by Gasteiger charge is -2.07. The molecule has 0 fully saturated rings. The van der Waals surface area contributed by atoms with Gasteiger partial charge in [-0.15, -0.1) is 5.10 Å². The number of rotatable bonds is 2. The minimum absolute atomic E-state index is 0.141. The Labute approximate surface area is 106 Å². The van der Waals surface area contributed by atoms with E-state index in [9.17, 15) is 4.79 Å². The Balaban J connectivity index is 2.62. The highest BCUT2D eigenvalue weighted by Crippen LogP contribution is 2.10. The number of halogens is 1. The van der Waals surface area contributed by atoms with Crippen molar-refractivity contribution in [3.8, 4) is 5.82 Å². The lowest BCUT2D eigenvalue weighted by Crippen LogP contribution is -2.20. The predicted molar refractivity (Wildman–Crippen MR) is 66.0 cm³/mol. The SMILES string of the molecule is Cc1ccc(-n2cc(CO)cc(Br)c2=O)nn1. The molecule has 0 saturated carbocycles. The van der Waals surface area contributed by atoms with Gasteiger partial charge in [-0.05, 0) is 46.6 Å². The van der Waals surface area contributed by atoms with Crippen LogP contribution in [0.3, 0.4) is 0 Å². The summed E-state index contributed by atoms with van der Waals surface area (Å²) in [5, 5.41) is 16.9. The predicted octanol–water partition coefficient (Wildman–Crippen LogP) is 1.19. The van der Waals surface area contributed by atoms with E-state index in [4.69, 9.17) is 5.11 Å². The fourth-order valence-electron chi connectivity index (χ4n) is 1.38. The number of aliphatic hydroxyl groups is 1. The minimum Gasteiger partial charge on any atom is -0.392 e. The Hall–Kier alpha value is -1.53. The molecule has 0 atom stereocenters. The summed E-state index contributed by atoms with van der Waals surface area (Å²) in [4.78, 5) is 11.9. The van der Waals surface area contributed by atoms with E-state index >= 15 is 0 Å². The van der Waals surface area contributed by atoms with Gasteiger partial charge in [0.25, 0.3) is 5.56 Å². The largest absolute Gasteiger partial charge is 0.392 e. The van der Waals surface area contributed by atoms with Gasteiger partial charge in [-0.2, -0.15) is 5.10 Å². The van der Waals surface area contributed by atoms with Gasteiger partial charge in [-0.3, -0.25) is 9.36 Å². The summed E-state index contributed by atoms with van der Waals surface area (Å²) in [6.45, 7) is 1.68. The van der Waals surface area contributed by atoms with Gasteiger partial charge >= 0.3 is 0 Å². The molecule has 88 valence electrons. The molecule has 0 amide bonds. The fourth-order valence-corrected chi connectivity index (χ4v) is 1.86. The van der Waals surface area contributed by atoms with Gasteiger partial charge in [-0.1, -0.05) is 0 Å². The smallest absolute Gasteiger partial charge is 0.270 e. The molecule has 0 unspecified atom stereocenters. The molecule has 0 radical (unpaired) electrons. The summed E-state index contributed by atoms with van der Waals surface area (Å²) in [7, 11) is 0. The molecular formula is C11H10BrN3O2. The second-order valence-electron chi connectivity index (χ2n) is 3.56. The summed E-state index contributed by atoms with van der Waals surface area (Å²) >= 11 is 3.16. The van der Waals surface area contributed by atoms with E-state index in [1.165, 1.54) is 4.57 Å². The van der Waals surface area contributed by atoms with Crippen molar-refractivity contribution in [2.75, 3.05) is 0 Å². The van der Waals surface area contributed by atoms with Crippen LogP contribution < -0.4 is 5.56 Å². The molecule has 2 heterocycles. The fraction of sp³-hybridized carbons (Fsp3) is 0.182. The molecule has 1 N–H and O–H groups in total. The van der Waals surface area contributed by atoms with Crippen molar-refractivity contribution in [1.29, 1.82) is 0 Å². The van der Waals surface area contributed by atoms with Crippen LogP contribution in [-0.4, -0.2) is 19.9 Å². The second-order valence-corrected chi connectivity index (χ2v) is 4.42. The van der Waals surface area contributed by atoms with Crippen LogP contribution in [0, 0.1) is 6.92 Å². The molecule has 0 bridgehead atoms. The molecule has 5 nitrogen and oxygen atoms in total. The number of hydrogen-bond donors (Lipinski definition) is 1. The van der Waals surface area contributed by atoms with E-state index in [-0.39, 0.29) is 12.2 Å². The molecule has 2 aromatic heterocycles. The lowest BCUT2D eigenvalue weighted by atomic mass is 10.3.